The number of likely N-dealkylation sites (N-methyl/N-ethyl adjacent to an activating group) is 1. The zero-order valence-electron chi connectivity index (χ0n) is 22.8. The van der Waals surface area contributed by atoms with Crippen molar-refractivity contribution in [3.05, 3.63) is 106 Å². The first kappa shape index (κ1) is 27.1. The molecule has 0 aliphatic carbocycles. The Morgan fingerprint density at radius 1 is 1.00 bits per heavy atom. The summed E-state index contributed by atoms with van der Waals surface area (Å²) < 4.78 is 5.98. The monoisotopic (exact) mass is 512 g/mol. The summed E-state index contributed by atoms with van der Waals surface area (Å²) in [6, 6.07) is 22.5. The molecule has 0 saturated carbocycles. The molecule has 1 fully saturated rings. The van der Waals surface area contributed by atoms with Gasteiger partial charge in [0.15, 0.2) is 0 Å². The highest BCUT2D eigenvalue weighted by molar-refractivity contribution is 6.46. The van der Waals surface area contributed by atoms with Crippen molar-refractivity contribution in [3.63, 3.8) is 0 Å². The van der Waals surface area contributed by atoms with Gasteiger partial charge in [0.05, 0.1) is 11.6 Å². The Labute approximate surface area is 225 Å². The minimum absolute atomic E-state index is 0.114. The molecule has 1 unspecified atom stereocenters. The van der Waals surface area contributed by atoms with Crippen LogP contribution in [0.4, 0.5) is 0 Å². The van der Waals surface area contributed by atoms with E-state index in [0.29, 0.717) is 36.9 Å². The number of carbonyl (C=O) groups excluding carboxylic acids is 2. The molecule has 4 rings (SSSR count). The zero-order valence-corrected chi connectivity index (χ0v) is 22.8. The number of ketones is 1. The van der Waals surface area contributed by atoms with E-state index in [2.05, 4.69) is 13.8 Å². The average molecular weight is 513 g/mol. The summed E-state index contributed by atoms with van der Waals surface area (Å²) >= 11 is 0. The molecule has 3 aromatic carbocycles. The smallest absolute Gasteiger partial charge is 0.295 e. The number of nitrogens with zero attached hydrogens (tertiary/aromatic N) is 2. The summed E-state index contributed by atoms with van der Waals surface area (Å²) in [5.74, 6) is -0.383. The van der Waals surface area contributed by atoms with Crippen LogP contribution in [0.15, 0.2) is 78.4 Å². The van der Waals surface area contributed by atoms with Crippen molar-refractivity contribution in [1.82, 2.24) is 9.80 Å². The fourth-order valence-corrected chi connectivity index (χ4v) is 4.68. The van der Waals surface area contributed by atoms with E-state index in [4.69, 9.17) is 4.74 Å². The molecule has 0 bridgehead atoms. The maximum absolute atomic E-state index is 13.3. The molecule has 38 heavy (non-hydrogen) atoms. The van der Waals surface area contributed by atoms with Gasteiger partial charge in [-0.05, 0) is 67.4 Å². The van der Waals surface area contributed by atoms with Crippen molar-refractivity contribution in [1.29, 1.82) is 0 Å². The van der Waals surface area contributed by atoms with Gasteiger partial charge >= 0.3 is 0 Å². The molecule has 0 aromatic heterocycles. The van der Waals surface area contributed by atoms with Crippen LogP contribution in [0.3, 0.4) is 0 Å². The molecule has 1 amide bonds. The second kappa shape index (κ2) is 11.7. The van der Waals surface area contributed by atoms with Gasteiger partial charge in [-0.1, -0.05) is 68.4 Å². The fourth-order valence-electron chi connectivity index (χ4n) is 4.68. The van der Waals surface area contributed by atoms with E-state index in [1.54, 1.807) is 23.1 Å². The molecule has 1 aliphatic rings. The number of rotatable bonds is 9. The number of hydrogen-bond acceptors (Lipinski definition) is 5. The summed E-state index contributed by atoms with van der Waals surface area (Å²) in [6.07, 6.45) is 0. The molecule has 6 heteroatoms. The van der Waals surface area contributed by atoms with Crippen LogP contribution in [0.2, 0.25) is 0 Å². The molecule has 1 N–H and O–H groups in total. The van der Waals surface area contributed by atoms with E-state index >= 15 is 0 Å². The third-order valence-corrected chi connectivity index (χ3v) is 6.93. The van der Waals surface area contributed by atoms with E-state index < -0.39 is 17.7 Å². The van der Waals surface area contributed by atoms with Crippen LogP contribution in [0.1, 0.15) is 53.6 Å². The van der Waals surface area contributed by atoms with Gasteiger partial charge in [-0.2, -0.15) is 0 Å². The van der Waals surface area contributed by atoms with Crippen molar-refractivity contribution in [2.45, 2.75) is 39.3 Å². The maximum atomic E-state index is 13.3. The Bertz CT molecular complexity index is 1330. The summed E-state index contributed by atoms with van der Waals surface area (Å²) in [4.78, 5) is 30.0. The lowest BCUT2D eigenvalue weighted by atomic mass is 9.93. The first-order chi connectivity index (χ1) is 18.2. The highest BCUT2D eigenvalue weighted by Gasteiger charge is 2.45. The summed E-state index contributed by atoms with van der Waals surface area (Å²) in [5, 5.41) is 11.4. The lowest BCUT2D eigenvalue weighted by molar-refractivity contribution is -0.140. The normalized spacial score (nSPS) is 17.0. The number of likely N-dealkylation sites (tertiary alicyclic amines) is 1. The van der Waals surface area contributed by atoms with Gasteiger partial charge in [0.2, 0.25) is 0 Å². The van der Waals surface area contributed by atoms with Gasteiger partial charge in [-0.15, -0.1) is 0 Å². The van der Waals surface area contributed by atoms with Crippen LogP contribution in [0, 0.1) is 6.92 Å². The van der Waals surface area contributed by atoms with Crippen molar-refractivity contribution < 1.29 is 19.4 Å². The van der Waals surface area contributed by atoms with Gasteiger partial charge in [-0.3, -0.25) is 9.59 Å². The number of hydrogen-bond donors (Lipinski definition) is 1. The van der Waals surface area contributed by atoms with Crippen molar-refractivity contribution >= 4 is 17.4 Å². The topological polar surface area (TPSA) is 70.1 Å². The number of aryl methyl sites for hydroxylation is 1. The summed E-state index contributed by atoms with van der Waals surface area (Å²) in [5.41, 5.74) is 4.44. The van der Waals surface area contributed by atoms with Crippen molar-refractivity contribution in [3.8, 4) is 5.75 Å². The highest BCUT2D eigenvalue weighted by Crippen LogP contribution is 2.40. The van der Waals surface area contributed by atoms with Crippen molar-refractivity contribution in [2.75, 3.05) is 27.2 Å². The molecule has 1 heterocycles. The van der Waals surface area contributed by atoms with Gasteiger partial charge < -0.3 is 19.6 Å². The SMILES string of the molecule is Cc1cc(/C(O)=C2/C(=O)C(=O)N(CCN(C)C)C2c2ccc(C(C)C)cc2)ccc1OCc1ccccc1. The van der Waals surface area contributed by atoms with Crippen LogP contribution >= 0.6 is 0 Å². The number of carbonyl (C=O) groups is 2. The number of aliphatic hydroxyl groups excluding tert-OH is 1. The minimum Gasteiger partial charge on any atom is -0.507 e. The van der Waals surface area contributed by atoms with E-state index in [0.717, 1.165) is 16.7 Å². The fraction of sp³-hybridized carbons (Fsp3) is 0.312. The Morgan fingerprint density at radius 3 is 2.29 bits per heavy atom. The molecular weight excluding hydrogens is 476 g/mol. The van der Waals surface area contributed by atoms with Crippen LogP contribution in [0.5, 0.6) is 5.75 Å². The summed E-state index contributed by atoms with van der Waals surface area (Å²) in [7, 11) is 3.85. The Morgan fingerprint density at radius 2 is 1.68 bits per heavy atom. The standard InChI is InChI=1S/C32H36N2O4/c1-21(2)24-11-13-25(14-12-24)29-28(31(36)32(37)34(29)18-17-33(4)5)30(35)26-15-16-27(22(3)19-26)38-20-23-9-7-6-8-10-23/h6-16,19,21,29,35H,17-18,20H2,1-5H3/b30-28-. The first-order valence-corrected chi connectivity index (χ1v) is 13.0. The first-order valence-electron chi connectivity index (χ1n) is 13.0. The Kier molecular flexibility index (Phi) is 8.32. The third kappa shape index (κ3) is 5.81. The minimum atomic E-state index is -0.666. The molecule has 1 atom stereocenters. The molecule has 0 radical (unpaired) electrons. The van der Waals surface area contributed by atoms with Crippen molar-refractivity contribution in [2.24, 2.45) is 0 Å². The Hall–Kier alpha value is -3.90. The second-order valence-corrected chi connectivity index (χ2v) is 10.4. The summed E-state index contributed by atoms with van der Waals surface area (Å²) in [6.45, 7) is 7.53. The number of Topliss-reactive ketones (excluding diaryl/α,β-unsaturated/α-hetero) is 1. The van der Waals surface area contributed by atoms with Gasteiger partial charge in [0.1, 0.15) is 18.1 Å². The number of ether oxygens (including phenoxy) is 1. The molecule has 3 aromatic rings. The molecule has 1 aliphatic heterocycles. The van der Waals surface area contributed by atoms with Crippen LogP contribution < -0.4 is 4.74 Å². The quantitative estimate of drug-likeness (QED) is 0.227. The molecule has 198 valence electrons. The molecule has 6 nitrogen and oxygen atoms in total. The predicted octanol–water partition coefficient (Wildman–Crippen LogP) is 5.68. The van der Waals surface area contributed by atoms with Crippen LogP contribution in [0.25, 0.3) is 5.76 Å². The molecule has 1 saturated heterocycles. The lowest BCUT2D eigenvalue weighted by Crippen LogP contribution is -2.35. The Balaban J connectivity index is 1.70. The molecular formula is C32H36N2O4. The third-order valence-electron chi connectivity index (χ3n) is 6.93. The van der Waals surface area contributed by atoms with E-state index in [1.807, 2.05) is 80.5 Å². The van der Waals surface area contributed by atoms with Crippen LogP contribution in [-0.4, -0.2) is 53.8 Å². The predicted molar refractivity (Wildman–Crippen MR) is 150 cm³/mol. The lowest BCUT2D eigenvalue weighted by Gasteiger charge is -2.27. The number of aliphatic hydroxyl groups is 1. The molecule has 0 spiro atoms. The van der Waals surface area contributed by atoms with Gasteiger partial charge in [0, 0.05) is 18.7 Å². The van der Waals surface area contributed by atoms with E-state index in [9.17, 15) is 14.7 Å². The average Bonchev–Trinajstić information content (AvgIpc) is 3.16. The zero-order chi connectivity index (χ0) is 27.4. The maximum Gasteiger partial charge on any atom is 0.295 e. The number of amides is 1. The highest BCUT2D eigenvalue weighted by atomic mass is 16.5. The van der Waals surface area contributed by atoms with Crippen LogP contribution in [-0.2, 0) is 16.2 Å². The largest absolute Gasteiger partial charge is 0.507 e. The van der Waals surface area contributed by atoms with E-state index in [1.165, 1.54) is 5.56 Å². The second-order valence-electron chi connectivity index (χ2n) is 10.4. The van der Waals surface area contributed by atoms with Gasteiger partial charge in [0.25, 0.3) is 11.7 Å². The van der Waals surface area contributed by atoms with E-state index in [-0.39, 0.29) is 11.3 Å². The van der Waals surface area contributed by atoms with Gasteiger partial charge in [-0.25, -0.2) is 0 Å². The number of benzene rings is 3.